The van der Waals surface area contributed by atoms with Crippen molar-refractivity contribution in [2.24, 2.45) is 0 Å². The second kappa shape index (κ2) is 5.91. The Morgan fingerprint density at radius 3 is 2.91 bits per heavy atom. The first kappa shape index (κ1) is 13.5. The minimum Gasteiger partial charge on any atom is -0.309 e. The summed E-state index contributed by atoms with van der Waals surface area (Å²) in [6, 6.07) is 4.37. The quantitative estimate of drug-likeness (QED) is 0.672. The van der Waals surface area contributed by atoms with Gasteiger partial charge in [-0.2, -0.15) is 10.2 Å². The van der Waals surface area contributed by atoms with Crippen LogP contribution >= 0.6 is 0 Å². The molecule has 0 aliphatic carbocycles. The first-order valence-electron chi connectivity index (χ1n) is 6.21. The van der Waals surface area contributed by atoms with Crippen molar-refractivity contribution in [2.45, 2.75) is 6.54 Å². The van der Waals surface area contributed by atoms with Gasteiger partial charge in [-0.25, -0.2) is 24.3 Å². The molecule has 0 saturated carbocycles. The van der Waals surface area contributed by atoms with Crippen molar-refractivity contribution in [1.29, 1.82) is 0 Å². The molecule has 3 heterocycles. The van der Waals surface area contributed by atoms with Crippen LogP contribution in [0, 0.1) is 0 Å². The molecular weight excluding hydrogens is 288 g/mol. The molecule has 110 valence electrons. The average Bonchev–Trinajstić information content (AvgIpc) is 3.04. The molecule has 0 radical (unpaired) electrons. The first-order chi connectivity index (χ1) is 10.7. The highest BCUT2D eigenvalue weighted by Gasteiger charge is 2.08. The van der Waals surface area contributed by atoms with E-state index in [4.69, 9.17) is 0 Å². The Kier molecular flexibility index (Phi) is 3.64. The molecular formula is C12H10N8O2. The second-order valence-electron chi connectivity index (χ2n) is 4.17. The molecule has 10 nitrogen and oxygen atoms in total. The van der Waals surface area contributed by atoms with E-state index in [2.05, 4.69) is 30.5 Å². The fourth-order valence-electron chi connectivity index (χ4n) is 1.69. The third kappa shape index (κ3) is 3.00. The van der Waals surface area contributed by atoms with Crippen molar-refractivity contribution in [1.82, 2.24) is 34.5 Å². The van der Waals surface area contributed by atoms with E-state index in [9.17, 15) is 9.59 Å². The first-order valence-corrected chi connectivity index (χ1v) is 6.21. The van der Waals surface area contributed by atoms with E-state index in [0.717, 1.165) is 4.68 Å². The molecule has 22 heavy (non-hydrogen) atoms. The molecule has 0 aliphatic heterocycles. The molecule has 3 rings (SSSR count). The van der Waals surface area contributed by atoms with Crippen LogP contribution in [-0.4, -0.2) is 40.4 Å². The van der Waals surface area contributed by atoms with Crippen LogP contribution in [0.25, 0.3) is 5.82 Å². The van der Waals surface area contributed by atoms with Crippen molar-refractivity contribution in [3.05, 3.63) is 53.7 Å². The summed E-state index contributed by atoms with van der Waals surface area (Å²) in [4.78, 5) is 35.2. The van der Waals surface area contributed by atoms with Gasteiger partial charge in [-0.05, 0) is 6.07 Å². The van der Waals surface area contributed by atoms with E-state index >= 15 is 0 Å². The zero-order chi connectivity index (χ0) is 15.4. The van der Waals surface area contributed by atoms with Crippen molar-refractivity contribution < 1.29 is 4.79 Å². The lowest BCUT2D eigenvalue weighted by molar-refractivity contribution is -0.117. The van der Waals surface area contributed by atoms with Crippen LogP contribution in [0.1, 0.15) is 0 Å². The molecule has 0 unspecified atom stereocenters. The normalized spacial score (nSPS) is 10.4. The minimum atomic E-state index is -0.427. The van der Waals surface area contributed by atoms with E-state index in [0.29, 0.717) is 5.82 Å². The summed E-state index contributed by atoms with van der Waals surface area (Å²) in [5, 5.41) is 10.3. The lowest BCUT2D eigenvalue weighted by Gasteiger charge is -2.06. The topological polar surface area (TPSA) is 120 Å². The van der Waals surface area contributed by atoms with Gasteiger partial charge in [0.25, 0.3) is 5.56 Å². The van der Waals surface area contributed by atoms with Crippen LogP contribution in [0.4, 0.5) is 5.82 Å². The maximum absolute atomic E-state index is 11.9. The van der Waals surface area contributed by atoms with Gasteiger partial charge in [-0.3, -0.25) is 9.59 Å². The van der Waals surface area contributed by atoms with Gasteiger partial charge in [-0.15, -0.1) is 0 Å². The fourth-order valence-corrected chi connectivity index (χ4v) is 1.69. The molecule has 0 spiro atoms. The second-order valence-corrected chi connectivity index (χ2v) is 4.17. The summed E-state index contributed by atoms with van der Waals surface area (Å²) in [6.07, 6.45) is 5.57. The van der Waals surface area contributed by atoms with Gasteiger partial charge >= 0.3 is 0 Å². The van der Waals surface area contributed by atoms with Gasteiger partial charge in [0.1, 0.15) is 31.3 Å². The predicted molar refractivity (Wildman–Crippen MR) is 74.1 cm³/mol. The van der Waals surface area contributed by atoms with Crippen molar-refractivity contribution in [3.8, 4) is 5.82 Å². The zero-order valence-corrected chi connectivity index (χ0v) is 11.2. The molecule has 0 aromatic carbocycles. The number of nitrogens with one attached hydrogen (secondary N) is 1. The summed E-state index contributed by atoms with van der Waals surface area (Å²) >= 11 is 0. The highest BCUT2D eigenvalue weighted by molar-refractivity contribution is 5.89. The fraction of sp³-hybridized carbons (Fsp3) is 0.0833. The molecule has 3 aromatic rings. The molecule has 0 saturated heterocycles. The molecule has 1 N–H and O–H groups in total. The lowest BCUT2D eigenvalue weighted by Crippen LogP contribution is -2.28. The number of anilines is 1. The van der Waals surface area contributed by atoms with E-state index in [1.54, 1.807) is 0 Å². The van der Waals surface area contributed by atoms with Crippen LogP contribution in [-0.2, 0) is 11.3 Å². The molecule has 3 aromatic heterocycles. The van der Waals surface area contributed by atoms with Gasteiger partial charge in [0.05, 0.1) is 0 Å². The number of hydrogen-bond acceptors (Lipinski definition) is 7. The molecule has 0 bridgehead atoms. The monoisotopic (exact) mass is 298 g/mol. The van der Waals surface area contributed by atoms with Gasteiger partial charge in [0.15, 0.2) is 5.82 Å². The van der Waals surface area contributed by atoms with E-state index in [1.165, 1.54) is 48.1 Å². The highest BCUT2D eigenvalue weighted by atomic mass is 16.2. The van der Waals surface area contributed by atoms with Gasteiger partial charge in [-0.1, -0.05) is 0 Å². The van der Waals surface area contributed by atoms with Crippen molar-refractivity contribution in [3.63, 3.8) is 0 Å². The molecule has 0 atom stereocenters. The largest absolute Gasteiger partial charge is 0.309 e. The van der Waals surface area contributed by atoms with Gasteiger partial charge < -0.3 is 5.32 Å². The standard InChI is InChI=1S/C12H10N8O2/c21-11(5-19-12(22)2-1-3-16-19)18-9-4-10(15-7-14-9)20-8-13-6-17-20/h1-4,6-8H,5H2,(H,14,15,18,21). The van der Waals surface area contributed by atoms with Gasteiger partial charge in [0.2, 0.25) is 5.91 Å². The SMILES string of the molecule is O=C(Cn1ncccc1=O)Nc1cc(-n2cncn2)ncn1. The maximum atomic E-state index is 11.9. The third-order valence-corrected chi connectivity index (χ3v) is 2.65. The Morgan fingerprint density at radius 1 is 1.23 bits per heavy atom. The summed E-state index contributed by atoms with van der Waals surface area (Å²) in [6.45, 7) is -0.206. The molecule has 0 aliphatic rings. The van der Waals surface area contributed by atoms with Crippen LogP contribution in [0.3, 0.4) is 0 Å². The molecule has 10 heteroatoms. The highest BCUT2D eigenvalue weighted by Crippen LogP contribution is 2.07. The van der Waals surface area contributed by atoms with Crippen LogP contribution < -0.4 is 10.9 Å². The van der Waals surface area contributed by atoms with Crippen LogP contribution in [0.2, 0.25) is 0 Å². The van der Waals surface area contributed by atoms with Crippen molar-refractivity contribution in [2.75, 3.05) is 5.32 Å². The van der Waals surface area contributed by atoms with Crippen molar-refractivity contribution >= 4 is 11.7 Å². The minimum absolute atomic E-state index is 0.206. The summed E-state index contributed by atoms with van der Waals surface area (Å²) in [5.74, 6) is 0.316. The Balaban J connectivity index is 1.73. The number of carbonyl (C=O) groups excluding carboxylic acids is 1. The molecule has 1 amide bonds. The number of hydrogen-bond donors (Lipinski definition) is 1. The van der Waals surface area contributed by atoms with E-state index in [-0.39, 0.29) is 17.9 Å². The summed E-state index contributed by atoms with van der Waals surface area (Å²) < 4.78 is 2.48. The Morgan fingerprint density at radius 2 is 2.14 bits per heavy atom. The van der Waals surface area contributed by atoms with Crippen LogP contribution in [0.15, 0.2) is 48.2 Å². The Labute approximate surface area is 123 Å². The Bertz CT molecular complexity index is 842. The number of rotatable bonds is 4. The average molecular weight is 298 g/mol. The van der Waals surface area contributed by atoms with Gasteiger partial charge in [0, 0.05) is 18.3 Å². The summed E-state index contributed by atoms with van der Waals surface area (Å²) in [7, 11) is 0. The zero-order valence-electron chi connectivity index (χ0n) is 11.2. The number of amides is 1. The summed E-state index contributed by atoms with van der Waals surface area (Å²) in [5.41, 5.74) is -0.358. The third-order valence-electron chi connectivity index (χ3n) is 2.65. The lowest BCUT2D eigenvalue weighted by atomic mass is 10.5. The number of carbonyl (C=O) groups is 1. The smallest absolute Gasteiger partial charge is 0.267 e. The van der Waals surface area contributed by atoms with Crippen LogP contribution in [0.5, 0.6) is 0 Å². The molecule has 0 fully saturated rings. The number of aromatic nitrogens is 7. The van der Waals surface area contributed by atoms with E-state index in [1.807, 2.05) is 0 Å². The van der Waals surface area contributed by atoms with E-state index < -0.39 is 5.91 Å². The number of nitrogens with zero attached hydrogens (tertiary/aromatic N) is 7. The maximum Gasteiger partial charge on any atom is 0.267 e. The Hall–Kier alpha value is -3.43. The predicted octanol–water partition coefficient (Wildman–Crippen LogP) is -0.747.